The second kappa shape index (κ2) is 11.1. The summed E-state index contributed by atoms with van der Waals surface area (Å²) >= 11 is 0. The Kier molecular flexibility index (Phi) is 7.21. The van der Waals surface area contributed by atoms with Crippen LogP contribution in [-0.4, -0.2) is 29.7 Å². The molecule has 0 radical (unpaired) electrons. The lowest BCUT2D eigenvalue weighted by molar-refractivity contribution is 0.0968. The maximum Gasteiger partial charge on any atom is 0.258 e. The number of fused-ring (bicyclic) bond motifs is 4. The third kappa shape index (κ3) is 4.40. The van der Waals surface area contributed by atoms with Crippen LogP contribution >= 0.6 is 0 Å². The Bertz CT molecular complexity index is 1620. The third-order valence-electron chi connectivity index (χ3n) is 7.98. The van der Waals surface area contributed by atoms with E-state index < -0.39 is 0 Å². The van der Waals surface area contributed by atoms with Crippen molar-refractivity contribution in [2.24, 2.45) is 0 Å². The first-order chi connectivity index (χ1) is 19.7. The van der Waals surface area contributed by atoms with Crippen molar-refractivity contribution in [2.75, 3.05) is 18.1 Å². The van der Waals surface area contributed by atoms with E-state index in [4.69, 9.17) is 9.47 Å². The van der Waals surface area contributed by atoms with Gasteiger partial charge in [-0.25, -0.2) is 0 Å². The van der Waals surface area contributed by atoms with Gasteiger partial charge < -0.3 is 18.9 Å². The molecule has 40 heavy (non-hydrogen) atoms. The van der Waals surface area contributed by atoms with Gasteiger partial charge in [-0.05, 0) is 68.7 Å². The number of carbonyl (C=O) groups is 1. The molecule has 0 N–H and O–H groups in total. The predicted octanol–water partition coefficient (Wildman–Crippen LogP) is 8.40. The van der Waals surface area contributed by atoms with E-state index >= 15 is 0 Å². The number of rotatable bonds is 8. The highest BCUT2D eigenvalue weighted by Crippen LogP contribution is 2.45. The lowest BCUT2D eigenvalue weighted by Crippen LogP contribution is -2.45. The predicted molar refractivity (Wildman–Crippen MR) is 163 cm³/mol. The van der Waals surface area contributed by atoms with Crippen LogP contribution in [0.1, 0.15) is 62.0 Å². The summed E-state index contributed by atoms with van der Waals surface area (Å²) < 4.78 is 14.1. The van der Waals surface area contributed by atoms with Crippen molar-refractivity contribution in [1.29, 1.82) is 0 Å². The van der Waals surface area contributed by atoms with Gasteiger partial charge in [0.2, 0.25) is 0 Å². The first-order valence-electron chi connectivity index (χ1n) is 14.5. The van der Waals surface area contributed by atoms with Crippen LogP contribution in [0.3, 0.4) is 0 Å². The number of para-hydroxylation sites is 3. The minimum Gasteiger partial charge on any atom is -0.490 e. The van der Waals surface area contributed by atoms with Crippen molar-refractivity contribution >= 4 is 33.4 Å². The van der Waals surface area contributed by atoms with Gasteiger partial charge in [0, 0.05) is 39.1 Å². The molecule has 2 unspecified atom stereocenters. The van der Waals surface area contributed by atoms with Gasteiger partial charge in [-0.3, -0.25) is 4.79 Å². The van der Waals surface area contributed by atoms with Crippen LogP contribution in [0, 0.1) is 0 Å². The molecule has 1 amide bonds. The Morgan fingerprint density at radius 3 is 2.08 bits per heavy atom. The zero-order valence-corrected chi connectivity index (χ0v) is 23.5. The summed E-state index contributed by atoms with van der Waals surface area (Å²) in [5.41, 5.74) is 5.22. The van der Waals surface area contributed by atoms with Crippen molar-refractivity contribution in [3.8, 4) is 11.5 Å². The van der Waals surface area contributed by atoms with Gasteiger partial charge in [-0.15, -0.1) is 0 Å². The molecule has 0 saturated heterocycles. The van der Waals surface area contributed by atoms with Gasteiger partial charge in [0.1, 0.15) is 0 Å². The summed E-state index contributed by atoms with van der Waals surface area (Å²) in [5.74, 6) is 1.27. The van der Waals surface area contributed by atoms with E-state index in [2.05, 4.69) is 78.2 Å². The molecular formula is C35H36N2O3. The molecule has 2 heterocycles. The fraction of sp³-hybridized carbons (Fsp3) is 0.286. The Morgan fingerprint density at radius 2 is 1.40 bits per heavy atom. The number of aromatic nitrogens is 1. The molecule has 2 atom stereocenters. The second-order valence-electron chi connectivity index (χ2n) is 10.4. The molecule has 0 fully saturated rings. The Labute approximate surface area is 235 Å². The Balaban J connectivity index is 1.49. The molecule has 1 aliphatic heterocycles. The van der Waals surface area contributed by atoms with Crippen molar-refractivity contribution in [3.05, 3.63) is 102 Å². The van der Waals surface area contributed by atoms with Gasteiger partial charge in [0.05, 0.1) is 19.3 Å². The summed E-state index contributed by atoms with van der Waals surface area (Å²) in [5, 5.41) is 2.53. The fourth-order valence-electron chi connectivity index (χ4n) is 6.39. The number of hydrogen-bond acceptors (Lipinski definition) is 3. The zero-order chi connectivity index (χ0) is 27.6. The largest absolute Gasteiger partial charge is 0.490 e. The molecule has 0 aliphatic carbocycles. The maximum atomic E-state index is 14.3. The molecule has 204 valence electrons. The highest BCUT2D eigenvalue weighted by Gasteiger charge is 2.37. The van der Waals surface area contributed by atoms with E-state index in [1.807, 2.05) is 43.0 Å². The minimum atomic E-state index is -0.00410. The number of nitrogens with zero attached hydrogens (tertiary/aromatic N) is 2. The summed E-state index contributed by atoms with van der Waals surface area (Å²) in [7, 11) is 0. The molecule has 4 aromatic carbocycles. The van der Waals surface area contributed by atoms with Gasteiger partial charge in [0.15, 0.2) is 11.5 Å². The second-order valence-corrected chi connectivity index (χ2v) is 10.4. The molecule has 1 aromatic heterocycles. The molecular weight excluding hydrogens is 496 g/mol. The van der Waals surface area contributed by atoms with Crippen molar-refractivity contribution in [1.82, 2.24) is 4.57 Å². The summed E-state index contributed by atoms with van der Waals surface area (Å²) in [6, 6.07) is 31.5. The zero-order valence-electron chi connectivity index (χ0n) is 23.5. The van der Waals surface area contributed by atoms with Gasteiger partial charge in [-0.2, -0.15) is 0 Å². The molecule has 0 spiro atoms. The van der Waals surface area contributed by atoms with Crippen molar-refractivity contribution in [3.63, 3.8) is 0 Å². The molecule has 5 nitrogen and oxygen atoms in total. The lowest BCUT2D eigenvalue weighted by Gasteiger charge is -2.42. The molecule has 5 aromatic rings. The molecule has 0 saturated carbocycles. The number of hydrogen-bond donors (Lipinski definition) is 0. The number of benzene rings is 4. The first kappa shape index (κ1) is 26.0. The summed E-state index contributed by atoms with van der Waals surface area (Å²) in [6.45, 7) is 7.13. The maximum absolute atomic E-state index is 14.3. The van der Waals surface area contributed by atoms with Crippen molar-refractivity contribution < 1.29 is 14.3 Å². The molecule has 5 heteroatoms. The smallest absolute Gasteiger partial charge is 0.258 e. The highest BCUT2D eigenvalue weighted by molar-refractivity contribution is 6.09. The molecule has 1 aliphatic rings. The fourth-order valence-corrected chi connectivity index (χ4v) is 6.39. The van der Waals surface area contributed by atoms with E-state index in [9.17, 15) is 4.79 Å². The van der Waals surface area contributed by atoms with E-state index in [1.165, 1.54) is 27.4 Å². The quantitative estimate of drug-likeness (QED) is 0.202. The van der Waals surface area contributed by atoms with Crippen LogP contribution in [0.2, 0.25) is 0 Å². The number of amides is 1. The monoisotopic (exact) mass is 532 g/mol. The summed E-state index contributed by atoms with van der Waals surface area (Å²) in [6.07, 6.45) is 2.75. The van der Waals surface area contributed by atoms with Crippen LogP contribution in [0.4, 0.5) is 5.69 Å². The normalized spacial score (nSPS) is 16.7. The molecule has 6 rings (SSSR count). The van der Waals surface area contributed by atoms with Crippen LogP contribution < -0.4 is 14.4 Å². The number of anilines is 1. The summed E-state index contributed by atoms with van der Waals surface area (Å²) in [4.78, 5) is 16.4. The van der Waals surface area contributed by atoms with E-state index in [-0.39, 0.29) is 18.0 Å². The van der Waals surface area contributed by atoms with Crippen molar-refractivity contribution in [2.45, 2.75) is 52.1 Å². The van der Waals surface area contributed by atoms with E-state index in [0.29, 0.717) is 30.3 Å². The van der Waals surface area contributed by atoms with Gasteiger partial charge in [-0.1, -0.05) is 67.9 Å². The van der Waals surface area contributed by atoms with E-state index in [1.54, 1.807) is 0 Å². The van der Waals surface area contributed by atoms with Crippen LogP contribution in [0.15, 0.2) is 91.0 Å². The highest BCUT2D eigenvalue weighted by atomic mass is 16.5. The SMILES string of the molecule is CCCC1CC(n2c3ccccc3c3ccccc32)c2ccccc2N1C(=O)c1ccc(OCC)c(OCC)c1. The van der Waals surface area contributed by atoms with Gasteiger partial charge in [0.25, 0.3) is 5.91 Å². The number of ether oxygens (including phenoxy) is 2. The number of carbonyl (C=O) groups excluding carboxylic acids is 1. The Morgan fingerprint density at radius 1 is 0.775 bits per heavy atom. The van der Waals surface area contributed by atoms with Crippen LogP contribution in [0.25, 0.3) is 21.8 Å². The topological polar surface area (TPSA) is 43.7 Å². The lowest BCUT2D eigenvalue weighted by atomic mass is 9.88. The Hall–Kier alpha value is -4.25. The van der Waals surface area contributed by atoms with Gasteiger partial charge >= 0.3 is 0 Å². The average Bonchev–Trinajstić information content (AvgIpc) is 3.32. The van der Waals surface area contributed by atoms with E-state index in [0.717, 1.165) is 24.9 Å². The average molecular weight is 533 g/mol. The van der Waals surface area contributed by atoms with Crippen LogP contribution in [0.5, 0.6) is 11.5 Å². The van der Waals surface area contributed by atoms with Crippen LogP contribution in [-0.2, 0) is 0 Å². The standard InChI is InChI=1S/C35H36N2O3/c1-4-13-25-23-32(37-29-17-10-7-14-26(29)27-15-8-11-18-30(27)37)28-16-9-12-19-31(28)36(25)35(38)24-20-21-33(39-5-2)34(22-24)40-6-3/h7-12,14-22,25,32H,4-6,13,23H2,1-3H3. The molecule has 0 bridgehead atoms. The first-order valence-corrected chi connectivity index (χ1v) is 14.5. The third-order valence-corrected chi connectivity index (χ3v) is 7.98. The minimum absolute atomic E-state index is 0.00410.